The predicted molar refractivity (Wildman–Crippen MR) is 78.3 cm³/mol. The number of rotatable bonds is 3. The molecular weight excluding hydrogens is 295 g/mol. The molecule has 0 bridgehead atoms. The summed E-state index contributed by atoms with van der Waals surface area (Å²) in [7, 11) is 0.274. The van der Waals surface area contributed by atoms with Crippen molar-refractivity contribution in [1.82, 2.24) is 4.31 Å². The van der Waals surface area contributed by atoms with E-state index in [9.17, 15) is 13.4 Å². The first-order valence-corrected chi connectivity index (χ1v) is 7.59. The smallest absolute Gasteiger partial charge is 0.211 e. The Morgan fingerprint density at radius 2 is 2.29 bits per heavy atom. The number of carbonyl (C=O) groups excluding carboxylic acids is 1. The lowest BCUT2D eigenvalue weighted by Crippen LogP contribution is -2.47. The van der Waals surface area contributed by atoms with E-state index < -0.39 is 27.6 Å². The Labute approximate surface area is 123 Å². The number of halogens is 1. The van der Waals surface area contributed by atoms with E-state index in [0.29, 0.717) is 30.5 Å². The molecule has 0 aromatic heterocycles. The molecule has 1 aliphatic carbocycles. The maximum absolute atomic E-state index is 14.2. The molecule has 1 amide bonds. The molecule has 2 aliphatic rings. The molecule has 3 rings (SSSR count). The number of amides is 1. The fourth-order valence-electron chi connectivity index (χ4n) is 2.62. The molecule has 8 heteroatoms. The van der Waals surface area contributed by atoms with Gasteiger partial charge in [0.25, 0.3) is 0 Å². The number of hydrogen-bond acceptors (Lipinski definition) is 4. The lowest BCUT2D eigenvalue weighted by Gasteiger charge is -2.34. The van der Waals surface area contributed by atoms with Crippen molar-refractivity contribution in [3.63, 3.8) is 0 Å². The third kappa shape index (κ3) is 2.10. The molecule has 1 aromatic rings. The van der Waals surface area contributed by atoms with Gasteiger partial charge in [0.15, 0.2) is 0 Å². The van der Waals surface area contributed by atoms with E-state index in [1.54, 1.807) is 7.05 Å². The fraction of sp³-hybridized carbons (Fsp3) is 0.385. The van der Waals surface area contributed by atoms with Gasteiger partial charge in [-0.15, -0.1) is 0 Å². The number of benzene rings is 1. The van der Waals surface area contributed by atoms with Crippen molar-refractivity contribution >= 4 is 29.0 Å². The lowest BCUT2D eigenvalue weighted by molar-refractivity contribution is -0.105. The monoisotopic (exact) mass is 310 g/mol. The average molecular weight is 310 g/mol. The van der Waals surface area contributed by atoms with Crippen molar-refractivity contribution in [1.29, 1.82) is 0 Å². The number of carbonyl (C=O) groups is 1. The summed E-state index contributed by atoms with van der Waals surface area (Å²) in [5.74, 6) is -0.315. The van der Waals surface area contributed by atoms with Gasteiger partial charge in [-0.05, 0) is 31.0 Å². The first-order valence-electron chi connectivity index (χ1n) is 6.48. The van der Waals surface area contributed by atoms with Crippen molar-refractivity contribution < 1.29 is 13.4 Å². The van der Waals surface area contributed by atoms with Crippen LogP contribution in [0.15, 0.2) is 23.2 Å². The van der Waals surface area contributed by atoms with Crippen molar-refractivity contribution in [2.45, 2.75) is 23.6 Å². The Balaban J connectivity index is 2.09. The Hall–Kier alpha value is -1.96. The number of anilines is 1. The average Bonchev–Trinajstić information content (AvgIpc) is 3.25. The maximum Gasteiger partial charge on any atom is 0.211 e. The minimum Gasteiger partial charge on any atom is -0.369 e. The summed E-state index contributed by atoms with van der Waals surface area (Å²) in [5, 5.41) is 2.48. The van der Waals surface area contributed by atoms with Crippen molar-refractivity contribution in [3.05, 3.63) is 29.6 Å². The van der Waals surface area contributed by atoms with Gasteiger partial charge in [0.05, 0.1) is 4.75 Å². The maximum atomic E-state index is 14.2. The molecule has 1 fully saturated rings. The van der Waals surface area contributed by atoms with E-state index in [2.05, 4.69) is 10.3 Å². The van der Waals surface area contributed by atoms with Gasteiger partial charge < -0.3 is 11.1 Å². The fourth-order valence-corrected chi connectivity index (χ4v) is 4.20. The van der Waals surface area contributed by atoms with E-state index in [1.165, 1.54) is 22.5 Å². The highest BCUT2D eigenvalue weighted by molar-refractivity contribution is 7.85. The minimum absolute atomic E-state index is 0.129. The third-order valence-electron chi connectivity index (χ3n) is 3.94. The quantitative estimate of drug-likeness (QED) is 0.813. The van der Waals surface area contributed by atoms with Crippen LogP contribution < -0.4 is 11.1 Å². The van der Waals surface area contributed by atoms with Crippen LogP contribution >= 0.6 is 0 Å². The standard InChI is InChI=1S/C13H15FN4O2S/c1-18-12(15)17-11(13(4-5-13)21(18)20)9-6-8(16-7-19)2-3-10(9)14/h2-3,6-7,11H,4-5H2,1H3,(H2,15,17)(H,16,19)/t11-,21?/m1/s1. The number of guanidine groups is 1. The zero-order chi connectivity index (χ0) is 15.2. The molecule has 0 radical (unpaired) electrons. The van der Waals surface area contributed by atoms with Crippen LogP contribution in [-0.2, 0) is 15.8 Å². The second-order valence-electron chi connectivity index (χ2n) is 5.20. The topological polar surface area (TPSA) is 87.8 Å². The Bertz CT molecular complexity index is 660. The van der Waals surface area contributed by atoms with Crippen molar-refractivity contribution in [2.24, 2.45) is 10.7 Å². The number of hydrogen-bond donors (Lipinski definition) is 2. The molecule has 1 unspecified atom stereocenters. The van der Waals surface area contributed by atoms with Crippen molar-refractivity contribution in [2.75, 3.05) is 12.4 Å². The predicted octanol–water partition coefficient (Wildman–Crippen LogP) is 0.892. The first kappa shape index (κ1) is 14.0. The Morgan fingerprint density at radius 1 is 1.57 bits per heavy atom. The van der Waals surface area contributed by atoms with Crippen LogP contribution in [0.1, 0.15) is 24.4 Å². The van der Waals surface area contributed by atoms with Crippen LogP contribution in [0.2, 0.25) is 0 Å². The lowest BCUT2D eigenvalue weighted by atomic mass is 10.0. The molecule has 1 aliphatic heterocycles. The summed E-state index contributed by atoms with van der Waals surface area (Å²) in [5.41, 5.74) is 6.56. The molecule has 112 valence electrons. The van der Waals surface area contributed by atoms with Gasteiger partial charge in [0.1, 0.15) is 22.8 Å². The molecule has 1 saturated carbocycles. The van der Waals surface area contributed by atoms with E-state index in [4.69, 9.17) is 5.73 Å². The van der Waals surface area contributed by atoms with Gasteiger partial charge in [-0.1, -0.05) is 0 Å². The normalized spacial score (nSPS) is 26.4. The van der Waals surface area contributed by atoms with Crippen LogP contribution in [0.5, 0.6) is 0 Å². The van der Waals surface area contributed by atoms with Gasteiger partial charge in [-0.2, -0.15) is 0 Å². The summed E-state index contributed by atoms with van der Waals surface area (Å²) in [6.45, 7) is 0. The highest BCUT2D eigenvalue weighted by Gasteiger charge is 2.60. The highest BCUT2D eigenvalue weighted by Crippen LogP contribution is 2.55. The Morgan fingerprint density at radius 3 is 2.90 bits per heavy atom. The number of nitrogens with two attached hydrogens (primary N) is 1. The van der Waals surface area contributed by atoms with Crippen LogP contribution in [-0.4, -0.2) is 32.7 Å². The van der Waals surface area contributed by atoms with E-state index in [-0.39, 0.29) is 5.96 Å². The summed E-state index contributed by atoms with van der Waals surface area (Å²) in [6, 6.07) is 3.66. The zero-order valence-corrected chi connectivity index (χ0v) is 12.2. The summed E-state index contributed by atoms with van der Waals surface area (Å²) in [6.07, 6.45) is 1.93. The molecule has 6 nitrogen and oxygen atoms in total. The molecule has 21 heavy (non-hydrogen) atoms. The van der Waals surface area contributed by atoms with E-state index in [1.807, 2.05) is 0 Å². The second-order valence-corrected chi connectivity index (χ2v) is 7.06. The third-order valence-corrected chi connectivity index (χ3v) is 5.95. The van der Waals surface area contributed by atoms with Gasteiger partial charge in [-0.25, -0.2) is 13.6 Å². The van der Waals surface area contributed by atoms with E-state index >= 15 is 0 Å². The molecule has 2 atom stereocenters. The van der Waals surface area contributed by atoms with E-state index in [0.717, 1.165) is 0 Å². The largest absolute Gasteiger partial charge is 0.369 e. The summed E-state index contributed by atoms with van der Waals surface area (Å²) >= 11 is 0. The minimum atomic E-state index is -1.34. The first-order chi connectivity index (χ1) is 9.99. The number of nitrogens with zero attached hydrogens (tertiary/aromatic N) is 2. The molecule has 1 heterocycles. The number of aliphatic imine (C=N–C) groups is 1. The number of nitrogens with one attached hydrogen (secondary N) is 1. The van der Waals surface area contributed by atoms with Crippen LogP contribution in [0.4, 0.5) is 10.1 Å². The van der Waals surface area contributed by atoms with Crippen LogP contribution in [0.3, 0.4) is 0 Å². The van der Waals surface area contributed by atoms with Gasteiger partial charge in [0, 0.05) is 18.3 Å². The molecule has 1 spiro atoms. The summed E-state index contributed by atoms with van der Waals surface area (Å²) < 4.78 is 27.5. The molecular formula is C13H15FN4O2S. The van der Waals surface area contributed by atoms with Gasteiger partial charge >= 0.3 is 0 Å². The van der Waals surface area contributed by atoms with Crippen molar-refractivity contribution in [3.8, 4) is 0 Å². The molecule has 1 aromatic carbocycles. The van der Waals surface area contributed by atoms with Crippen LogP contribution in [0, 0.1) is 5.82 Å². The SMILES string of the molecule is CN1C(N)=N[C@H](c2cc(NC=O)ccc2F)C2(CC2)S1=O. The highest BCUT2D eigenvalue weighted by atomic mass is 32.2. The van der Waals surface area contributed by atoms with Gasteiger partial charge in [0.2, 0.25) is 12.4 Å². The van der Waals surface area contributed by atoms with Gasteiger partial charge in [-0.3, -0.25) is 9.10 Å². The zero-order valence-electron chi connectivity index (χ0n) is 11.4. The van der Waals surface area contributed by atoms with Crippen LogP contribution in [0.25, 0.3) is 0 Å². The molecule has 3 N–H and O–H groups in total. The Kier molecular flexibility index (Phi) is 3.20. The second kappa shape index (κ2) is 4.80. The summed E-state index contributed by atoms with van der Waals surface area (Å²) in [4.78, 5) is 14.9. The molecule has 0 saturated heterocycles.